The Morgan fingerprint density at radius 3 is 2.67 bits per heavy atom. The number of benzene rings is 1. The second-order valence-corrected chi connectivity index (χ2v) is 3.66. The van der Waals surface area contributed by atoms with Gasteiger partial charge in [0, 0.05) is 12.7 Å². The minimum absolute atomic E-state index is 0.505. The molecule has 2 aromatic rings. The van der Waals surface area contributed by atoms with Crippen molar-refractivity contribution in [3.63, 3.8) is 0 Å². The number of pyridine rings is 1. The Labute approximate surface area is 93.7 Å². The molecule has 0 saturated carbocycles. The zero-order chi connectivity index (χ0) is 10.7. The Bertz CT molecular complexity index is 469. The van der Waals surface area contributed by atoms with E-state index in [4.69, 9.17) is 17.3 Å². The summed E-state index contributed by atoms with van der Waals surface area (Å²) in [6, 6.07) is 11.9. The fourth-order valence-electron chi connectivity index (χ4n) is 1.46. The second kappa shape index (κ2) is 4.43. The fraction of sp³-hybridized carbons (Fsp3) is 0.0833. The Balaban J connectivity index is 2.44. The van der Waals surface area contributed by atoms with Crippen molar-refractivity contribution in [2.24, 2.45) is 5.73 Å². The molecule has 0 radical (unpaired) electrons. The molecule has 2 N–H and O–H groups in total. The molecule has 0 saturated heterocycles. The molecule has 1 heterocycles. The van der Waals surface area contributed by atoms with Gasteiger partial charge in [0.05, 0.1) is 0 Å². The highest BCUT2D eigenvalue weighted by molar-refractivity contribution is 6.29. The van der Waals surface area contributed by atoms with Gasteiger partial charge in [-0.2, -0.15) is 0 Å². The predicted octanol–water partition coefficient (Wildman–Crippen LogP) is 2.86. The lowest BCUT2D eigenvalue weighted by atomic mass is 10.0. The molecule has 1 aromatic carbocycles. The maximum Gasteiger partial charge on any atom is 0.129 e. The summed E-state index contributed by atoms with van der Waals surface area (Å²) >= 11 is 5.83. The van der Waals surface area contributed by atoms with Crippen molar-refractivity contribution in [3.8, 4) is 11.1 Å². The van der Waals surface area contributed by atoms with Gasteiger partial charge in [-0.15, -0.1) is 0 Å². The van der Waals surface area contributed by atoms with Crippen LogP contribution in [0.25, 0.3) is 11.1 Å². The van der Waals surface area contributed by atoms with E-state index in [1.54, 1.807) is 6.20 Å². The van der Waals surface area contributed by atoms with Gasteiger partial charge in [0.2, 0.25) is 0 Å². The van der Waals surface area contributed by atoms with Gasteiger partial charge in [-0.05, 0) is 34.9 Å². The lowest BCUT2D eigenvalue weighted by Gasteiger charge is -2.03. The summed E-state index contributed by atoms with van der Waals surface area (Å²) in [5.74, 6) is 0. The van der Waals surface area contributed by atoms with Crippen LogP contribution in [-0.4, -0.2) is 4.98 Å². The van der Waals surface area contributed by atoms with Gasteiger partial charge in [0.25, 0.3) is 0 Å². The Morgan fingerprint density at radius 1 is 1.13 bits per heavy atom. The van der Waals surface area contributed by atoms with Crippen LogP contribution in [0.5, 0.6) is 0 Å². The van der Waals surface area contributed by atoms with Gasteiger partial charge in [-0.3, -0.25) is 0 Å². The molecular formula is C12H11ClN2. The first kappa shape index (κ1) is 10.1. The van der Waals surface area contributed by atoms with Crippen LogP contribution in [0.4, 0.5) is 0 Å². The van der Waals surface area contributed by atoms with Crippen LogP contribution in [0.15, 0.2) is 42.6 Å². The van der Waals surface area contributed by atoms with Crippen LogP contribution >= 0.6 is 11.6 Å². The average Bonchev–Trinajstić information content (AvgIpc) is 2.29. The molecule has 0 fully saturated rings. The molecule has 0 aliphatic carbocycles. The highest BCUT2D eigenvalue weighted by atomic mass is 35.5. The number of aromatic nitrogens is 1. The molecule has 0 atom stereocenters. The number of rotatable bonds is 2. The maximum atomic E-state index is 5.83. The average molecular weight is 219 g/mol. The van der Waals surface area contributed by atoms with Crippen LogP contribution in [0.3, 0.4) is 0 Å². The van der Waals surface area contributed by atoms with E-state index in [0.717, 1.165) is 16.7 Å². The summed E-state index contributed by atoms with van der Waals surface area (Å²) in [6.45, 7) is 0.548. The molecule has 0 unspecified atom stereocenters. The molecule has 76 valence electrons. The van der Waals surface area contributed by atoms with Crippen LogP contribution in [0.1, 0.15) is 5.56 Å². The summed E-state index contributed by atoms with van der Waals surface area (Å²) in [5.41, 5.74) is 8.87. The number of nitrogens with two attached hydrogens (primary N) is 1. The first-order chi connectivity index (χ1) is 7.29. The van der Waals surface area contributed by atoms with Crippen molar-refractivity contribution in [2.45, 2.75) is 6.54 Å². The first-order valence-corrected chi connectivity index (χ1v) is 5.08. The lowest BCUT2D eigenvalue weighted by Crippen LogP contribution is -1.95. The van der Waals surface area contributed by atoms with Crippen molar-refractivity contribution < 1.29 is 0 Å². The quantitative estimate of drug-likeness (QED) is 0.788. The van der Waals surface area contributed by atoms with E-state index in [1.807, 2.05) is 30.3 Å². The third-order valence-electron chi connectivity index (χ3n) is 2.22. The maximum absolute atomic E-state index is 5.83. The number of nitrogens with zero attached hydrogens (tertiary/aromatic N) is 1. The molecule has 0 aliphatic rings. The second-order valence-electron chi connectivity index (χ2n) is 3.27. The van der Waals surface area contributed by atoms with E-state index in [0.29, 0.717) is 11.7 Å². The summed E-state index contributed by atoms with van der Waals surface area (Å²) in [6.07, 6.45) is 1.70. The van der Waals surface area contributed by atoms with Crippen LogP contribution < -0.4 is 5.73 Å². The summed E-state index contributed by atoms with van der Waals surface area (Å²) < 4.78 is 0. The van der Waals surface area contributed by atoms with Crippen molar-refractivity contribution in [1.82, 2.24) is 4.98 Å². The predicted molar refractivity (Wildman–Crippen MR) is 62.6 cm³/mol. The topological polar surface area (TPSA) is 38.9 Å². The third kappa shape index (κ3) is 2.35. The highest BCUT2D eigenvalue weighted by Gasteiger charge is 1.99. The van der Waals surface area contributed by atoms with Crippen molar-refractivity contribution in [3.05, 3.63) is 53.3 Å². The fourth-order valence-corrected chi connectivity index (χ4v) is 1.63. The molecule has 0 bridgehead atoms. The monoisotopic (exact) mass is 218 g/mol. The molecule has 1 aromatic heterocycles. The van der Waals surface area contributed by atoms with Crippen LogP contribution in [0.2, 0.25) is 5.15 Å². The molecular weight excluding hydrogens is 208 g/mol. The van der Waals surface area contributed by atoms with E-state index >= 15 is 0 Å². The van der Waals surface area contributed by atoms with Gasteiger partial charge in [0.15, 0.2) is 0 Å². The molecule has 0 amide bonds. The molecule has 2 rings (SSSR count). The van der Waals surface area contributed by atoms with E-state index in [-0.39, 0.29) is 0 Å². The zero-order valence-corrected chi connectivity index (χ0v) is 8.91. The van der Waals surface area contributed by atoms with Crippen molar-refractivity contribution in [1.29, 1.82) is 0 Å². The van der Waals surface area contributed by atoms with Crippen LogP contribution in [0, 0.1) is 0 Å². The number of hydrogen-bond acceptors (Lipinski definition) is 2. The van der Waals surface area contributed by atoms with Crippen LogP contribution in [-0.2, 0) is 6.54 Å². The zero-order valence-electron chi connectivity index (χ0n) is 8.15. The largest absolute Gasteiger partial charge is 0.326 e. The minimum Gasteiger partial charge on any atom is -0.326 e. The highest BCUT2D eigenvalue weighted by Crippen LogP contribution is 2.21. The van der Waals surface area contributed by atoms with Crippen molar-refractivity contribution in [2.75, 3.05) is 0 Å². The molecule has 0 aliphatic heterocycles. The molecule has 2 nitrogen and oxygen atoms in total. The van der Waals surface area contributed by atoms with Gasteiger partial charge in [0.1, 0.15) is 5.15 Å². The minimum atomic E-state index is 0.505. The smallest absolute Gasteiger partial charge is 0.129 e. The summed E-state index contributed by atoms with van der Waals surface area (Å²) in [5, 5.41) is 0.505. The van der Waals surface area contributed by atoms with Gasteiger partial charge in [-0.25, -0.2) is 4.98 Å². The normalized spacial score (nSPS) is 10.3. The SMILES string of the molecule is NCc1cccc(-c2ccnc(Cl)c2)c1. The molecule has 3 heteroatoms. The van der Waals surface area contributed by atoms with E-state index in [2.05, 4.69) is 11.1 Å². The van der Waals surface area contributed by atoms with Gasteiger partial charge < -0.3 is 5.73 Å². The molecule has 15 heavy (non-hydrogen) atoms. The van der Waals surface area contributed by atoms with E-state index < -0.39 is 0 Å². The Kier molecular flexibility index (Phi) is 2.99. The van der Waals surface area contributed by atoms with Crippen molar-refractivity contribution >= 4 is 11.6 Å². The van der Waals surface area contributed by atoms with E-state index in [1.165, 1.54) is 0 Å². The standard InChI is InChI=1S/C12H11ClN2/c13-12-7-11(4-5-15-12)10-3-1-2-9(6-10)8-14/h1-7H,8,14H2. The Hall–Kier alpha value is -1.38. The van der Waals surface area contributed by atoms with Gasteiger partial charge >= 0.3 is 0 Å². The third-order valence-corrected chi connectivity index (χ3v) is 2.43. The Morgan fingerprint density at radius 2 is 1.93 bits per heavy atom. The first-order valence-electron chi connectivity index (χ1n) is 4.70. The lowest BCUT2D eigenvalue weighted by molar-refractivity contribution is 1.07. The molecule has 0 spiro atoms. The van der Waals surface area contributed by atoms with Gasteiger partial charge in [-0.1, -0.05) is 29.8 Å². The summed E-state index contributed by atoms with van der Waals surface area (Å²) in [7, 11) is 0. The van der Waals surface area contributed by atoms with E-state index in [9.17, 15) is 0 Å². The number of hydrogen-bond donors (Lipinski definition) is 1. The number of halogens is 1. The summed E-state index contributed by atoms with van der Waals surface area (Å²) in [4.78, 5) is 3.95.